The van der Waals surface area contributed by atoms with Gasteiger partial charge in [-0.25, -0.2) is 0 Å². The van der Waals surface area contributed by atoms with E-state index >= 15 is 0 Å². The van der Waals surface area contributed by atoms with Crippen LogP contribution in [0.5, 0.6) is 0 Å². The van der Waals surface area contributed by atoms with Crippen molar-refractivity contribution in [3.63, 3.8) is 0 Å². The number of rotatable bonds is 2. The summed E-state index contributed by atoms with van der Waals surface area (Å²) in [7, 11) is 0. The zero-order valence-corrected chi connectivity index (χ0v) is 11.4. The molecule has 0 saturated carbocycles. The number of hydrogen-bond donors (Lipinski definition) is 0. The van der Waals surface area contributed by atoms with Gasteiger partial charge >= 0.3 is 0 Å². The summed E-state index contributed by atoms with van der Waals surface area (Å²) in [5, 5.41) is 0. The fourth-order valence-electron chi connectivity index (χ4n) is 1.18. The Bertz CT molecular complexity index is 393. The van der Waals surface area contributed by atoms with Crippen molar-refractivity contribution in [3.8, 4) is 0 Å². The maximum atomic E-state index is 11.9. The average molecular weight is 237 g/mol. The predicted molar refractivity (Wildman–Crippen MR) is 71.3 cm³/mol. The van der Waals surface area contributed by atoms with Gasteiger partial charge in [-0.2, -0.15) is 0 Å². The van der Waals surface area contributed by atoms with E-state index in [0.29, 0.717) is 0 Å². The third-order valence-corrected chi connectivity index (χ3v) is 3.67. The van der Waals surface area contributed by atoms with E-state index in [1.165, 1.54) is 5.56 Å². The molecule has 0 radical (unpaired) electrons. The Hall–Kier alpha value is -0.800. The fraction of sp³-hybridized carbons (Fsp3) is 0.462. The van der Waals surface area contributed by atoms with Crippen LogP contribution in [-0.4, -0.2) is 15.0 Å². The first kappa shape index (κ1) is 13.3. The Morgan fingerprint density at radius 3 is 2.44 bits per heavy atom. The quantitative estimate of drug-likeness (QED) is 0.574. The molecule has 0 aromatic heterocycles. The van der Waals surface area contributed by atoms with Crippen molar-refractivity contribution in [2.75, 3.05) is 0 Å². The van der Waals surface area contributed by atoms with Gasteiger partial charge in [0.25, 0.3) is 0 Å². The van der Waals surface area contributed by atoms with Gasteiger partial charge in [0.05, 0.1) is 5.71 Å². The minimum atomic E-state index is -1.19. The molecule has 88 valence electrons. The Labute approximate surface area is 101 Å². The second-order valence-corrected chi connectivity index (χ2v) is 6.81. The topological polar surface area (TPSA) is 35.4 Å². The van der Waals surface area contributed by atoms with Crippen LogP contribution in [0.2, 0.25) is 0 Å². The summed E-state index contributed by atoms with van der Waals surface area (Å²) in [6, 6.07) is 8.07. The summed E-state index contributed by atoms with van der Waals surface area (Å²) in [6.07, 6.45) is 0. The van der Waals surface area contributed by atoms with Crippen molar-refractivity contribution in [2.24, 2.45) is 4.40 Å². The van der Waals surface area contributed by atoms with E-state index in [1.54, 1.807) is 0 Å². The van der Waals surface area contributed by atoms with E-state index in [-0.39, 0.29) is 4.75 Å². The molecular weight excluding hydrogens is 218 g/mol. The second-order valence-electron chi connectivity index (χ2n) is 4.91. The smallest absolute Gasteiger partial charge is 0.144 e. The van der Waals surface area contributed by atoms with Crippen molar-refractivity contribution in [1.82, 2.24) is 0 Å². The van der Waals surface area contributed by atoms with Gasteiger partial charge in [0.15, 0.2) is 0 Å². The minimum absolute atomic E-state index is 0.301. The van der Waals surface area contributed by atoms with Gasteiger partial charge in [-0.1, -0.05) is 34.2 Å². The third-order valence-electron chi connectivity index (χ3n) is 2.18. The van der Waals surface area contributed by atoms with Gasteiger partial charge in [-0.3, -0.25) is 0 Å². The van der Waals surface area contributed by atoms with Crippen LogP contribution in [0.3, 0.4) is 0 Å². The SMILES string of the molecule is C/C(=N/[S+]([O-])C(C)(C)C)c1cccc(C)c1. The lowest BCUT2D eigenvalue weighted by atomic mass is 10.1. The van der Waals surface area contributed by atoms with E-state index < -0.39 is 11.4 Å². The predicted octanol–water partition coefficient (Wildman–Crippen LogP) is 3.27. The van der Waals surface area contributed by atoms with Gasteiger partial charge in [0, 0.05) is 5.56 Å². The summed E-state index contributed by atoms with van der Waals surface area (Å²) in [4.78, 5) is 0. The molecular formula is C13H19NOS. The van der Waals surface area contributed by atoms with Crippen molar-refractivity contribution in [1.29, 1.82) is 0 Å². The molecule has 3 heteroatoms. The third kappa shape index (κ3) is 3.65. The van der Waals surface area contributed by atoms with Gasteiger partial charge in [-0.15, -0.1) is 0 Å². The lowest BCUT2D eigenvalue weighted by Gasteiger charge is -2.18. The van der Waals surface area contributed by atoms with Crippen molar-refractivity contribution >= 4 is 17.1 Å². The molecule has 0 fully saturated rings. The normalized spacial score (nSPS) is 15.0. The van der Waals surface area contributed by atoms with Crippen LogP contribution >= 0.6 is 0 Å². The molecule has 1 unspecified atom stereocenters. The van der Waals surface area contributed by atoms with E-state index in [1.807, 2.05) is 52.8 Å². The number of nitrogens with zero attached hydrogens (tertiary/aromatic N) is 1. The first-order chi connectivity index (χ1) is 7.30. The highest BCUT2D eigenvalue weighted by Crippen LogP contribution is 2.18. The van der Waals surface area contributed by atoms with Gasteiger partial charge in [0.1, 0.15) is 16.1 Å². The largest absolute Gasteiger partial charge is 0.591 e. The van der Waals surface area contributed by atoms with Crippen molar-refractivity contribution < 1.29 is 4.55 Å². The number of hydrogen-bond acceptors (Lipinski definition) is 2. The van der Waals surface area contributed by atoms with Crippen molar-refractivity contribution in [3.05, 3.63) is 35.4 Å². The lowest BCUT2D eigenvalue weighted by molar-refractivity contribution is 0.561. The molecule has 0 amide bonds. The molecule has 0 heterocycles. The summed E-state index contributed by atoms with van der Waals surface area (Å²) in [6.45, 7) is 9.72. The maximum Gasteiger partial charge on any atom is 0.144 e. The molecule has 0 bridgehead atoms. The molecule has 0 saturated heterocycles. The molecule has 0 N–H and O–H groups in total. The van der Waals surface area contributed by atoms with E-state index in [0.717, 1.165) is 11.3 Å². The first-order valence-electron chi connectivity index (χ1n) is 5.35. The van der Waals surface area contributed by atoms with Crippen LogP contribution in [0.15, 0.2) is 28.7 Å². The molecule has 1 rings (SSSR count). The zero-order chi connectivity index (χ0) is 12.3. The molecule has 16 heavy (non-hydrogen) atoms. The molecule has 0 aliphatic carbocycles. The molecule has 1 aromatic rings. The Morgan fingerprint density at radius 1 is 1.31 bits per heavy atom. The van der Waals surface area contributed by atoms with Crippen LogP contribution in [0.1, 0.15) is 38.8 Å². The summed E-state index contributed by atoms with van der Waals surface area (Å²) < 4.78 is 15.8. The van der Waals surface area contributed by atoms with Gasteiger partial charge < -0.3 is 4.55 Å². The summed E-state index contributed by atoms with van der Waals surface area (Å²) in [5.41, 5.74) is 3.06. The highest BCUT2D eigenvalue weighted by Gasteiger charge is 2.26. The molecule has 1 aromatic carbocycles. The number of benzene rings is 1. The fourth-order valence-corrected chi connectivity index (χ4v) is 1.81. The van der Waals surface area contributed by atoms with Crippen LogP contribution in [0, 0.1) is 6.92 Å². The van der Waals surface area contributed by atoms with Crippen LogP contribution in [0.25, 0.3) is 0 Å². The molecule has 0 aliphatic rings. The van der Waals surface area contributed by atoms with Crippen LogP contribution in [0.4, 0.5) is 0 Å². The number of aryl methyl sites for hydroxylation is 1. The van der Waals surface area contributed by atoms with Crippen molar-refractivity contribution in [2.45, 2.75) is 39.4 Å². The first-order valence-corrected chi connectivity index (χ1v) is 6.46. The highest BCUT2D eigenvalue weighted by molar-refractivity contribution is 7.91. The molecule has 0 aliphatic heterocycles. The highest BCUT2D eigenvalue weighted by atomic mass is 32.2. The maximum absolute atomic E-state index is 11.9. The molecule has 0 spiro atoms. The van der Waals surface area contributed by atoms with Crippen LogP contribution in [-0.2, 0) is 11.4 Å². The van der Waals surface area contributed by atoms with Gasteiger partial charge in [-0.05, 0) is 34.6 Å². The Balaban J connectivity index is 2.94. The second kappa shape index (κ2) is 5.02. The Morgan fingerprint density at radius 2 is 1.94 bits per heavy atom. The molecule has 2 nitrogen and oxygen atoms in total. The summed E-state index contributed by atoms with van der Waals surface area (Å²) >= 11 is -1.19. The monoisotopic (exact) mass is 237 g/mol. The standard InChI is InChI=1S/C13H19NOS/c1-10-7-6-8-12(9-10)11(2)14-16(15)13(3,4)5/h6-9H,1-5H3/b14-11-. The van der Waals surface area contributed by atoms with E-state index in [9.17, 15) is 4.55 Å². The zero-order valence-electron chi connectivity index (χ0n) is 10.6. The minimum Gasteiger partial charge on any atom is -0.591 e. The summed E-state index contributed by atoms with van der Waals surface area (Å²) in [5.74, 6) is 0. The van der Waals surface area contributed by atoms with Gasteiger partial charge in [0.2, 0.25) is 0 Å². The lowest BCUT2D eigenvalue weighted by Crippen LogP contribution is -2.26. The van der Waals surface area contributed by atoms with Crippen LogP contribution < -0.4 is 0 Å². The average Bonchev–Trinajstić information content (AvgIpc) is 2.16. The Kier molecular flexibility index (Phi) is 4.16. The molecule has 1 atom stereocenters. The van der Waals surface area contributed by atoms with E-state index in [4.69, 9.17) is 0 Å². The van der Waals surface area contributed by atoms with E-state index in [2.05, 4.69) is 10.5 Å².